The Hall–Kier alpha value is -3.29. The van der Waals surface area contributed by atoms with Crippen LogP contribution in [0.4, 0.5) is 10.2 Å². The number of rotatable bonds is 7. The van der Waals surface area contributed by atoms with E-state index < -0.39 is 16.8 Å². The predicted molar refractivity (Wildman–Crippen MR) is 157 cm³/mol. The van der Waals surface area contributed by atoms with Crippen LogP contribution in [0.15, 0.2) is 59.3 Å². The van der Waals surface area contributed by atoms with Crippen LogP contribution < -0.4 is 4.90 Å². The summed E-state index contributed by atoms with van der Waals surface area (Å²) in [6, 6.07) is 9.88. The molecule has 1 N–H and O–H groups in total. The smallest absolute Gasteiger partial charge is 0.318 e. The largest absolute Gasteiger partial charge is 0.593 e. The molecule has 3 fully saturated rings. The van der Waals surface area contributed by atoms with E-state index in [0.717, 1.165) is 41.4 Å². The molecule has 7 rings (SSSR count). The molecule has 2 aromatic heterocycles. The van der Waals surface area contributed by atoms with E-state index in [-0.39, 0.29) is 37.0 Å². The van der Waals surface area contributed by atoms with Gasteiger partial charge in [-0.15, -0.1) is 4.31 Å². The number of halogens is 1. The maximum absolute atomic E-state index is 14.0. The van der Waals surface area contributed by atoms with Crippen LogP contribution in [-0.4, -0.2) is 86.8 Å². The number of aromatic nitrogens is 3. The number of morpholine rings is 1. The molecule has 2 aliphatic carbocycles. The van der Waals surface area contributed by atoms with Gasteiger partial charge in [-0.3, -0.25) is 4.79 Å². The average Bonchev–Trinajstić information content (AvgIpc) is 3.43. The first-order valence-electron chi connectivity index (χ1n) is 14.7. The molecule has 226 valence electrons. The molecule has 10 nitrogen and oxygen atoms in total. The van der Waals surface area contributed by atoms with Gasteiger partial charge in [0.15, 0.2) is 4.90 Å². The van der Waals surface area contributed by atoms with Gasteiger partial charge >= 0.3 is 5.97 Å². The van der Waals surface area contributed by atoms with Gasteiger partial charge in [0.05, 0.1) is 67.6 Å². The molecule has 12 heteroatoms. The number of carbonyl (C=O) groups is 1. The second-order valence-electron chi connectivity index (χ2n) is 11.8. The summed E-state index contributed by atoms with van der Waals surface area (Å²) in [4.78, 5) is 21.3. The van der Waals surface area contributed by atoms with Crippen LogP contribution in [0.3, 0.4) is 0 Å². The van der Waals surface area contributed by atoms with Gasteiger partial charge < -0.3 is 24.0 Å². The predicted octanol–water partition coefficient (Wildman–Crippen LogP) is 2.91. The van der Waals surface area contributed by atoms with Gasteiger partial charge in [0.2, 0.25) is 0 Å². The molecule has 1 aromatic carbocycles. The summed E-state index contributed by atoms with van der Waals surface area (Å²) in [6.45, 7) is 3.81. The zero-order valence-electron chi connectivity index (χ0n) is 23.7. The van der Waals surface area contributed by atoms with Gasteiger partial charge in [0.1, 0.15) is 17.1 Å². The topological polar surface area (TPSA) is 116 Å². The maximum atomic E-state index is 14.0. The van der Waals surface area contributed by atoms with Gasteiger partial charge in [-0.1, -0.05) is 0 Å². The van der Waals surface area contributed by atoms with Crippen molar-refractivity contribution in [1.82, 2.24) is 19.1 Å². The first kappa shape index (κ1) is 28.5. The molecule has 1 unspecified atom stereocenters. The molecule has 2 aliphatic heterocycles. The van der Waals surface area contributed by atoms with Crippen molar-refractivity contribution in [1.29, 1.82) is 0 Å². The molecule has 2 atom stereocenters. The fourth-order valence-electron chi connectivity index (χ4n) is 6.49. The molecule has 4 heterocycles. The van der Waals surface area contributed by atoms with Crippen LogP contribution in [0, 0.1) is 17.2 Å². The SMILES string of the molecule is O=C(OCC1CC(O)C1)[C@]12Cc3cnn(-c4ccc(F)cc4)c3C=C1CCN([S+]([O-])c1ccc(N3CCOCC3)nc1)C2. The minimum atomic E-state index is -1.53. The molecule has 0 bridgehead atoms. The number of carbonyl (C=O) groups excluding carboxylic acids is 1. The third-order valence-corrected chi connectivity index (χ3v) is 10.4. The van der Waals surface area contributed by atoms with Crippen LogP contribution >= 0.6 is 0 Å². The molecule has 0 amide bonds. The van der Waals surface area contributed by atoms with Crippen molar-refractivity contribution in [3.63, 3.8) is 0 Å². The minimum Gasteiger partial charge on any atom is -0.593 e. The first-order valence-corrected chi connectivity index (χ1v) is 15.8. The van der Waals surface area contributed by atoms with Gasteiger partial charge in [0.25, 0.3) is 0 Å². The number of aliphatic hydroxyl groups excluding tert-OH is 1. The van der Waals surface area contributed by atoms with Crippen LogP contribution in [0.25, 0.3) is 11.8 Å². The summed E-state index contributed by atoms with van der Waals surface area (Å²) < 4.78 is 42.4. The Morgan fingerprint density at radius 1 is 1.14 bits per heavy atom. The number of ether oxygens (including phenoxy) is 2. The Balaban J connectivity index is 1.15. The number of pyridine rings is 1. The van der Waals surface area contributed by atoms with Crippen molar-refractivity contribution in [2.75, 3.05) is 50.9 Å². The molecule has 43 heavy (non-hydrogen) atoms. The quantitative estimate of drug-likeness (QED) is 0.320. The van der Waals surface area contributed by atoms with Crippen LogP contribution in [-0.2, 0) is 32.1 Å². The van der Waals surface area contributed by atoms with Crippen LogP contribution in [0.1, 0.15) is 30.5 Å². The van der Waals surface area contributed by atoms with E-state index in [1.807, 2.05) is 22.5 Å². The van der Waals surface area contributed by atoms with Crippen molar-refractivity contribution < 1.29 is 28.3 Å². The van der Waals surface area contributed by atoms with Gasteiger partial charge in [-0.05, 0) is 79.1 Å². The van der Waals surface area contributed by atoms with Crippen molar-refractivity contribution in [3.05, 3.63) is 71.4 Å². The monoisotopic (exact) mass is 607 g/mol. The van der Waals surface area contributed by atoms with E-state index >= 15 is 0 Å². The third kappa shape index (κ3) is 5.46. The second kappa shape index (κ2) is 11.7. The Labute approximate surface area is 252 Å². The van der Waals surface area contributed by atoms with Crippen molar-refractivity contribution in [2.45, 2.75) is 36.7 Å². The van der Waals surface area contributed by atoms with E-state index in [0.29, 0.717) is 50.3 Å². The van der Waals surface area contributed by atoms with Crippen molar-refractivity contribution >= 4 is 29.2 Å². The number of hydrogen-bond acceptors (Lipinski definition) is 9. The van der Waals surface area contributed by atoms with Crippen molar-refractivity contribution in [2.24, 2.45) is 11.3 Å². The van der Waals surface area contributed by atoms with Crippen LogP contribution in [0.5, 0.6) is 0 Å². The number of anilines is 1. The standard InChI is InChI=1S/C31H34FN5O5S/c32-24-1-3-25(4-2-24)37-28-15-23-7-8-36(43(40)27-5-6-29(33-18-27)35-9-11-41-12-10-35)20-31(23,16-22(28)17-34-37)30(39)42-19-21-13-26(38)14-21/h1-6,15,17-18,21,26,38H,7-14,16,19-20H2/t21?,26?,31-,43?/m0/s1. The van der Waals surface area contributed by atoms with E-state index in [4.69, 9.17) is 9.47 Å². The highest BCUT2D eigenvalue weighted by Gasteiger charge is 2.52. The lowest BCUT2D eigenvalue weighted by atomic mass is 9.68. The Kier molecular flexibility index (Phi) is 7.72. The lowest BCUT2D eigenvalue weighted by Gasteiger charge is -2.44. The molecule has 1 saturated carbocycles. The average molecular weight is 608 g/mol. The summed E-state index contributed by atoms with van der Waals surface area (Å²) in [5.74, 6) is 0.304. The third-order valence-electron chi connectivity index (χ3n) is 9.00. The Morgan fingerprint density at radius 2 is 1.93 bits per heavy atom. The van der Waals surface area contributed by atoms with Crippen LogP contribution in [0.2, 0.25) is 0 Å². The molecular weight excluding hydrogens is 573 g/mol. The van der Waals surface area contributed by atoms with Gasteiger partial charge in [0, 0.05) is 25.7 Å². The van der Waals surface area contributed by atoms with Gasteiger partial charge in [-0.2, -0.15) is 5.10 Å². The molecule has 0 radical (unpaired) electrons. The van der Waals surface area contributed by atoms with Crippen molar-refractivity contribution in [3.8, 4) is 5.69 Å². The highest BCUT2D eigenvalue weighted by Crippen LogP contribution is 2.46. The second-order valence-corrected chi connectivity index (χ2v) is 13.3. The summed E-state index contributed by atoms with van der Waals surface area (Å²) in [5.41, 5.74) is 2.33. The van der Waals surface area contributed by atoms with E-state index in [9.17, 15) is 18.8 Å². The summed E-state index contributed by atoms with van der Waals surface area (Å²) >= 11 is -1.53. The number of benzene rings is 1. The van der Waals surface area contributed by atoms with E-state index in [1.165, 1.54) is 12.1 Å². The number of hydrogen-bond donors (Lipinski definition) is 1. The Morgan fingerprint density at radius 3 is 2.65 bits per heavy atom. The lowest BCUT2D eigenvalue weighted by molar-refractivity contribution is -0.158. The molecule has 0 spiro atoms. The number of esters is 1. The molecule has 4 aliphatic rings. The highest BCUT2D eigenvalue weighted by molar-refractivity contribution is 7.89. The number of nitrogens with zero attached hydrogens (tertiary/aromatic N) is 5. The molecule has 3 aromatic rings. The summed E-state index contributed by atoms with van der Waals surface area (Å²) in [6.07, 6.45) is 7.20. The zero-order chi connectivity index (χ0) is 29.6. The molecule has 2 saturated heterocycles. The summed E-state index contributed by atoms with van der Waals surface area (Å²) in [7, 11) is 0. The summed E-state index contributed by atoms with van der Waals surface area (Å²) in [5, 5.41) is 14.3. The van der Waals surface area contributed by atoms with E-state index in [1.54, 1.807) is 29.2 Å². The zero-order valence-corrected chi connectivity index (χ0v) is 24.5. The number of fused-ring (bicyclic) bond motifs is 2. The highest BCUT2D eigenvalue weighted by atomic mass is 32.2. The normalized spacial score (nSPS) is 26.1. The lowest BCUT2D eigenvalue weighted by Crippen LogP contribution is -2.54. The van der Waals surface area contributed by atoms with E-state index in [2.05, 4.69) is 15.0 Å². The first-order chi connectivity index (χ1) is 20.9. The fraction of sp³-hybridized carbons (Fsp3) is 0.452. The molecular formula is C31H34FN5O5S. The number of aliphatic hydroxyl groups is 1. The van der Waals surface area contributed by atoms with Gasteiger partial charge in [-0.25, -0.2) is 14.1 Å². The Bertz CT molecular complexity index is 1500. The number of piperidine rings is 1. The fourth-order valence-corrected chi connectivity index (χ4v) is 7.71. The minimum absolute atomic E-state index is 0.146. The maximum Gasteiger partial charge on any atom is 0.318 e.